The smallest absolute Gasteiger partial charge is 0.319 e. The lowest BCUT2D eigenvalue weighted by atomic mass is 10.1. The molecular weight excluding hydrogens is 441 g/mol. The van der Waals surface area contributed by atoms with Gasteiger partial charge in [0.2, 0.25) is 0 Å². The Kier molecular flexibility index (Phi) is 6.84. The standard InChI is InChI=1S/C21H21ClFN5O4/c22-15-7-12(1-2-16(15)23)27-20-14-8-18(28-21(30)24-4-5-29)19(9-17(14)25-11-26-20)32-13-3-6-31-10-13/h1-2,7-9,11,13,29H,3-6,10H2,(H2,24,28,30)(H,25,26,27)/t13-/m0/s1. The highest BCUT2D eigenvalue weighted by Gasteiger charge is 2.21. The quantitative estimate of drug-likeness (QED) is 0.425. The number of aliphatic hydroxyl groups is 1. The first-order valence-electron chi connectivity index (χ1n) is 9.94. The summed E-state index contributed by atoms with van der Waals surface area (Å²) in [4.78, 5) is 20.8. The van der Waals surface area contributed by atoms with Gasteiger partial charge in [-0.25, -0.2) is 19.2 Å². The normalized spacial score (nSPS) is 15.5. The molecule has 0 radical (unpaired) electrons. The van der Waals surface area contributed by atoms with Crippen molar-refractivity contribution in [2.45, 2.75) is 12.5 Å². The largest absolute Gasteiger partial charge is 0.486 e. The maximum atomic E-state index is 13.5. The SMILES string of the molecule is O=C(NCCO)Nc1cc2c(Nc3ccc(F)c(Cl)c3)ncnc2cc1O[C@H]1CCOC1. The van der Waals surface area contributed by atoms with Crippen molar-refractivity contribution in [1.82, 2.24) is 15.3 Å². The van der Waals surface area contributed by atoms with Gasteiger partial charge in [-0.1, -0.05) is 11.6 Å². The lowest BCUT2D eigenvalue weighted by Crippen LogP contribution is -2.31. The minimum Gasteiger partial charge on any atom is -0.486 e. The van der Waals surface area contributed by atoms with Gasteiger partial charge < -0.3 is 30.5 Å². The van der Waals surface area contributed by atoms with Crippen molar-refractivity contribution >= 4 is 45.7 Å². The molecule has 4 rings (SSSR count). The predicted molar refractivity (Wildman–Crippen MR) is 118 cm³/mol. The van der Waals surface area contributed by atoms with Crippen LogP contribution in [0.25, 0.3) is 10.9 Å². The predicted octanol–water partition coefficient (Wildman–Crippen LogP) is 3.45. The van der Waals surface area contributed by atoms with Crippen molar-refractivity contribution in [2.75, 3.05) is 37.0 Å². The van der Waals surface area contributed by atoms with E-state index < -0.39 is 11.8 Å². The molecule has 9 nitrogen and oxygen atoms in total. The molecule has 1 aliphatic heterocycles. The molecule has 32 heavy (non-hydrogen) atoms. The number of carbonyl (C=O) groups is 1. The Hall–Kier alpha value is -3.21. The number of urea groups is 1. The van der Waals surface area contributed by atoms with Crippen LogP contribution in [0.15, 0.2) is 36.7 Å². The molecule has 1 fully saturated rings. The van der Waals surface area contributed by atoms with E-state index in [2.05, 4.69) is 25.9 Å². The number of nitrogens with zero attached hydrogens (tertiary/aromatic N) is 2. The Morgan fingerprint density at radius 3 is 2.94 bits per heavy atom. The van der Waals surface area contributed by atoms with Crippen LogP contribution in [0.3, 0.4) is 0 Å². The number of hydrogen-bond donors (Lipinski definition) is 4. The molecule has 11 heteroatoms. The van der Waals surface area contributed by atoms with E-state index >= 15 is 0 Å². The molecule has 0 saturated carbocycles. The van der Waals surface area contributed by atoms with Crippen molar-refractivity contribution in [3.8, 4) is 5.75 Å². The zero-order valence-electron chi connectivity index (χ0n) is 16.9. The summed E-state index contributed by atoms with van der Waals surface area (Å²) in [6.45, 7) is 0.980. The molecule has 1 aliphatic rings. The molecular formula is C21H21ClFN5O4. The fourth-order valence-electron chi connectivity index (χ4n) is 3.21. The highest BCUT2D eigenvalue weighted by atomic mass is 35.5. The summed E-state index contributed by atoms with van der Waals surface area (Å²) < 4.78 is 24.9. The molecule has 2 amide bonds. The molecule has 1 atom stereocenters. The monoisotopic (exact) mass is 461 g/mol. The number of ether oxygens (including phenoxy) is 2. The topological polar surface area (TPSA) is 118 Å². The van der Waals surface area contributed by atoms with Crippen molar-refractivity contribution in [2.24, 2.45) is 0 Å². The van der Waals surface area contributed by atoms with Crippen LogP contribution in [0.4, 0.5) is 26.4 Å². The minimum atomic E-state index is -0.525. The second-order valence-electron chi connectivity index (χ2n) is 7.05. The molecule has 2 aromatic carbocycles. The summed E-state index contributed by atoms with van der Waals surface area (Å²) in [7, 11) is 0. The zero-order valence-corrected chi connectivity index (χ0v) is 17.7. The molecule has 0 aliphatic carbocycles. The van der Waals surface area contributed by atoms with E-state index in [9.17, 15) is 9.18 Å². The molecule has 168 valence electrons. The first-order valence-corrected chi connectivity index (χ1v) is 10.3. The minimum absolute atomic E-state index is 0.0225. The van der Waals surface area contributed by atoms with Crippen molar-refractivity contribution in [1.29, 1.82) is 0 Å². The van der Waals surface area contributed by atoms with Gasteiger partial charge in [-0.2, -0.15) is 0 Å². The Balaban J connectivity index is 1.70. The van der Waals surface area contributed by atoms with Gasteiger partial charge in [0, 0.05) is 30.1 Å². The maximum absolute atomic E-state index is 13.5. The number of nitrogens with one attached hydrogen (secondary N) is 3. The number of rotatable bonds is 7. The van der Waals surface area contributed by atoms with Crippen LogP contribution in [0.1, 0.15) is 6.42 Å². The van der Waals surface area contributed by atoms with Gasteiger partial charge in [0.15, 0.2) is 0 Å². The van der Waals surface area contributed by atoms with Crippen molar-refractivity contribution < 1.29 is 23.8 Å². The van der Waals surface area contributed by atoms with Crippen molar-refractivity contribution in [3.05, 3.63) is 47.5 Å². The van der Waals surface area contributed by atoms with Crippen LogP contribution in [-0.2, 0) is 4.74 Å². The first kappa shape index (κ1) is 22.0. The van der Waals surface area contributed by atoms with Gasteiger partial charge in [-0.05, 0) is 24.3 Å². The Morgan fingerprint density at radius 2 is 2.19 bits per heavy atom. The number of hydrogen-bond acceptors (Lipinski definition) is 7. The second kappa shape index (κ2) is 9.94. The van der Waals surface area contributed by atoms with E-state index in [1.165, 1.54) is 24.5 Å². The van der Waals surface area contributed by atoms with E-state index in [1.54, 1.807) is 12.1 Å². The summed E-state index contributed by atoms with van der Waals surface area (Å²) in [6, 6.07) is 7.13. The molecule has 0 bridgehead atoms. The lowest BCUT2D eigenvalue weighted by Gasteiger charge is -2.18. The van der Waals surface area contributed by atoms with Crippen LogP contribution in [0, 0.1) is 5.82 Å². The number of amides is 2. The molecule has 2 heterocycles. The first-order chi connectivity index (χ1) is 15.5. The zero-order chi connectivity index (χ0) is 22.5. The average molecular weight is 462 g/mol. The molecule has 0 spiro atoms. The average Bonchev–Trinajstić information content (AvgIpc) is 3.29. The third-order valence-electron chi connectivity index (χ3n) is 4.75. The highest BCUT2D eigenvalue weighted by molar-refractivity contribution is 6.31. The number of aromatic nitrogens is 2. The summed E-state index contributed by atoms with van der Waals surface area (Å²) in [5.74, 6) is 0.344. The van der Waals surface area contributed by atoms with Gasteiger partial charge in [0.1, 0.15) is 29.8 Å². The second-order valence-corrected chi connectivity index (χ2v) is 7.46. The van der Waals surface area contributed by atoms with Crippen LogP contribution in [-0.4, -0.2) is 53.6 Å². The Labute approximate surface area is 187 Å². The van der Waals surface area contributed by atoms with Gasteiger partial charge in [0.25, 0.3) is 0 Å². The molecule has 4 N–H and O–H groups in total. The maximum Gasteiger partial charge on any atom is 0.319 e. The van der Waals surface area contributed by atoms with Crippen LogP contribution < -0.4 is 20.7 Å². The third-order valence-corrected chi connectivity index (χ3v) is 5.04. The van der Waals surface area contributed by atoms with Gasteiger partial charge in [-0.3, -0.25) is 0 Å². The summed E-state index contributed by atoms with van der Waals surface area (Å²) in [5, 5.41) is 17.9. The number of aliphatic hydroxyl groups excluding tert-OH is 1. The Bertz CT molecular complexity index is 1130. The number of fused-ring (bicyclic) bond motifs is 1. The van der Waals surface area contributed by atoms with E-state index in [0.717, 1.165) is 6.42 Å². The van der Waals surface area contributed by atoms with Crippen LogP contribution >= 0.6 is 11.6 Å². The number of carbonyl (C=O) groups excluding carboxylic acids is 1. The van der Waals surface area contributed by atoms with E-state index in [-0.39, 0.29) is 24.3 Å². The number of halogens is 2. The molecule has 1 aromatic heterocycles. The highest BCUT2D eigenvalue weighted by Crippen LogP contribution is 2.35. The summed E-state index contributed by atoms with van der Waals surface area (Å²) >= 11 is 5.88. The van der Waals surface area contributed by atoms with Crippen LogP contribution in [0.2, 0.25) is 5.02 Å². The molecule has 1 saturated heterocycles. The Morgan fingerprint density at radius 1 is 1.31 bits per heavy atom. The molecule has 0 unspecified atom stereocenters. The fourth-order valence-corrected chi connectivity index (χ4v) is 3.39. The summed E-state index contributed by atoms with van der Waals surface area (Å²) in [5.41, 5.74) is 1.51. The van der Waals surface area contributed by atoms with E-state index in [1.807, 2.05) is 0 Å². The van der Waals surface area contributed by atoms with Gasteiger partial charge in [0.05, 0.1) is 36.0 Å². The van der Waals surface area contributed by atoms with E-state index in [0.29, 0.717) is 47.1 Å². The molecule has 3 aromatic rings. The fraction of sp³-hybridized carbons (Fsp3) is 0.286. The third kappa shape index (κ3) is 5.16. The van der Waals surface area contributed by atoms with E-state index in [4.69, 9.17) is 26.2 Å². The number of anilines is 3. The van der Waals surface area contributed by atoms with Gasteiger partial charge in [-0.15, -0.1) is 0 Å². The van der Waals surface area contributed by atoms with Gasteiger partial charge >= 0.3 is 6.03 Å². The van der Waals surface area contributed by atoms with Crippen molar-refractivity contribution in [3.63, 3.8) is 0 Å². The summed E-state index contributed by atoms with van der Waals surface area (Å²) in [6.07, 6.45) is 1.98. The van der Waals surface area contributed by atoms with Crippen LogP contribution in [0.5, 0.6) is 5.75 Å². The lowest BCUT2D eigenvalue weighted by molar-refractivity contribution is 0.142. The number of benzene rings is 2.